The van der Waals surface area contributed by atoms with E-state index < -0.39 is 0 Å². The molecule has 214 valence electrons. The van der Waals surface area contributed by atoms with Gasteiger partial charge < -0.3 is 19.3 Å². The highest BCUT2D eigenvalue weighted by atomic mass is 127. The number of fused-ring (bicyclic) bond motifs is 3. The molecule has 2 amide bonds. The van der Waals surface area contributed by atoms with Gasteiger partial charge in [0.2, 0.25) is 11.8 Å². The number of ether oxygens (including phenoxy) is 3. The number of nitrogens with zero attached hydrogens (tertiary/aromatic N) is 1. The van der Waals surface area contributed by atoms with Gasteiger partial charge in [-0.05, 0) is 88.6 Å². The van der Waals surface area contributed by atoms with Gasteiger partial charge in [-0.1, -0.05) is 31.1 Å². The SMILES string of the molecule is CCC/C(=C\c1cc(I)c(O)c(OC)c1)CC[C@H]1OC[C@H]2C1=C(COC)C[C@H]1C(=O)N(Cc3cccs3)C(=O)[C@H]12. The van der Waals surface area contributed by atoms with Crippen LogP contribution < -0.4 is 4.74 Å². The second-order valence-electron chi connectivity index (χ2n) is 10.7. The topological polar surface area (TPSA) is 85.3 Å². The predicted octanol–water partition coefficient (Wildman–Crippen LogP) is 6.19. The second-order valence-corrected chi connectivity index (χ2v) is 12.9. The van der Waals surface area contributed by atoms with Crippen molar-refractivity contribution in [3.63, 3.8) is 0 Å². The Morgan fingerprint density at radius 1 is 1.23 bits per heavy atom. The number of halogens is 1. The molecule has 0 radical (unpaired) electrons. The monoisotopic (exact) mass is 677 g/mol. The molecule has 0 bridgehead atoms. The van der Waals surface area contributed by atoms with Crippen LogP contribution in [0.15, 0.2) is 46.4 Å². The van der Waals surface area contributed by atoms with Gasteiger partial charge in [0, 0.05) is 17.9 Å². The lowest BCUT2D eigenvalue weighted by Gasteiger charge is -2.31. The van der Waals surface area contributed by atoms with Crippen molar-refractivity contribution >= 4 is 51.8 Å². The molecule has 7 nitrogen and oxygen atoms in total. The summed E-state index contributed by atoms with van der Waals surface area (Å²) in [6.07, 6.45) is 6.26. The van der Waals surface area contributed by atoms with Gasteiger partial charge in [-0.2, -0.15) is 0 Å². The molecule has 0 spiro atoms. The Labute approximate surface area is 253 Å². The van der Waals surface area contributed by atoms with Gasteiger partial charge in [-0.3, -0.25) is 14.5 Å². The third-order valence-electron chi connectivity index (χ3n) is 8.25. The van der Waals surface area contributed by atoms with Gasteiger partial charge >= 0.3 is 0 Å². The lowest BCUT2D eigenvalue weighted by molar-refractivity contribution is -0.140. The number of amides is 2. The molecule has 2 saturated heterocycles. The molecule has 9 heteroatoms. The van der Waals surface area contributed by atoms with Crippen molar-refractivity contribution in [3.05, 3.63) is 60.4 Å². The number of phenolic OH excluding ortho intramolecular Hbond substituents is 1. The number of methoxy groups -OCH3 is 2. The molecule has 1 aromatic carbocycles. The van der Waals surface area contributed by atoms with Gasteiger partial charge in [0.05, 0.1) is 48.4 Å². The molecule has 2 aromatic rings. The van der Waals surface area contributed by atoms with Crippen molar-refractivity contribution in [1.82, 2.24) is 4.90 Å². The molecule has 4 atom stereocenters. The first-order valence-corrected chi connectivity index (χ1v) is 15.8. The molecule has 3 aliphatic rings. The first-order valence-electron chi connectivity index (χ1n) is 13.8. The van der Waals surface area contributed by atoms with E-state index in [-0.39, 0.29) is 41.4 Å². The molecule has 1 aromatic heterocycles. The molecular formula is C31H36INO6S. The lowest BCUT2D eigenvalue weighted by Crippen LogP contribution is -2.35. The van der Waals surface area contributed by atoms with E-state index in [1.165, 1.54) is 16.0 Å². The van der Waals surface area contributed by atoms with E-state index in [2.05, 4.69) is 35.6 Å². The minimum atomic E-state index is -0.356. The molecule has 2 aliphatic heterocycles. The molecule has 40 heavy (non-hydrogen) atoms. The smallest absolute Gasteiger partial charge is 0.234 e. The number of hydrogen-bond donors (Lipinski definition) is 1. The van der Waals surface area contributed by atoms with Crippen molar-refractivity contribution < 1.29 is 28.9 Å². The van der Waals surface area contributed by atoms with Crippen molar-refractivity contribution in [2.75, 3.05) is 27.4 Å². The Morgan fingerprint density at radius 3 is 2.75 bits per heavy atom. The first-order chi connectivity index (χ1) is 19.4. The van der Waals surface area contributed by atoms with E-state index in [1.807, 2.05) is 29.6 Å². The number of imide groups is 1. The molecule has 0 unspecified atom stereocenters. The van der Waals surface area contributed by atoms with Crippen LogP contribution in [0, 0.1) is 21.3 Å². The van der Waals surface area contributed by atoms with E-state index in [0.717, 1.165) is 45.3 Å². The molecule has 2 fully saturated rings. The van der Waals surface area contributed by atoms with Crippen molar-refractivity contribution in [3.8, 4) is 11.5 Å². The minimum Gasteiger partial charge on any atom is -0.504 e. The fourth-order valence-electron chi connectivity index (χ4n) is 6.53. The summed E-state index contributed by atoms with van der Waals surface area (Å²) in [4.78, 5) is 29.5. The van der Waals surface area contributed by atoms with Crippen LogP contribution in [-0.4, -0.2) is 55.4 Å². The lowest BCUT2D eigenvalue weighted by atomic mass is 9.69. The zero-order chi connectivity index (χ0) is 28.4. The summed E-state index contributed by atoms with van der Waals surface area (Å²) in [7, 11) is 3.24. The molecule has 1 aliphatic carbocycles. The zero-order valence-corrected chi connectivity index (χ0v) is 26.1. The quantitative estimate of drug-likeness (QED) is 0.174. The maximum atomic E-state index is 13.6. The number of allylic oxidation sites excluding steroid dienone is 1. The fourth-order valence-corrected chi connectivity index (χ4v) is 7.85. The predicted molar refractivity (Wildman–Crippen MR) is 163 cm³/mol. The Bertz CT molecular complexity index is 1320. The van der Waals surface area contributed by atoms with Crippen LogP contribution in [0.5, 0.6) is 11.5 Å². The molecule has 1 N–H and O–H groups in total. The summed E-state index contributed by atoms with van der Waals surface area (Å²) < 4.78 is 18.1. The van der Waals surface area contributed by atoms with E-state index in [0.29, 0.717) is 31.9 Å². The normalized spacial score (nSPS) is 24.6. The van der Waals surface area contributed by atoms with Crippen LogP contribution in [0.2, 0.25) is 0 Å². The van der Waals surface area contributed by atoms with Crippen molar-refractivity contribution in [2.24, 2.45) is 17.8 Å². The summed E-state index contributed by atoms with van der Waals surface area (Å²) in [5.74, 6) is -0.279. The van der Waals surface area contributed by atoms with E-state index in [4.69, 9.17) is 14.2 Å². The summed E-state index contributed by atoms with van der Waals surface area (Å²) in [5, 5.41) is 12.2. The third kappa shape index (κ3) is 5.75. The fraction of sp³-hybridized carbons (Fsp3) is 0.484. The number of phenols is 1. The van der Waals surface area contributed by atoms with Gasteiger partial charge in [-0.25, -0.2) is 0 Å². The minimum absolute atomic E-state index is 0.0611. The van der Waals surface area contributed by atoms with Crippen molar-refractivity contribution in [2.45, 2.75) is 51.7 Å². The number of likely N-dealkylation sites (tertiary alicyclic amines) is 1. The van der Waals surface area contributed by atoms with E-state index in [9.17, 15) is 14.7 Å². The Balaban J connectivity index is 1.36. The Morgan fingerprint density at radius 2 is 2.05 bits per heavy atom. The van der Waals surface area contributed by atoms with Gasteiger partial charge in [0.1, 0.15) is 0 Å². The Kier molecular flexibility index (Phi) is 9.34. The van der Waals surface area contributed by atoms with Crippen LogP contribution in [0.1, 0.15) is 49.5 Å². The van der Waals surface area contributed by atoms with Crippen LogP contribution in [0.3, 0.4) is 0 Å². The number of hydrogen-bond acceptors (Lipinski definition) is 7. The highest BCUT2D eigenvalue weighted by molar-refractivity contribution is 14.1. The van der Waals surface area contributed by atoms with Gasteiger partial charge in [0.25, 0.3) is 0 Å². The molecule has 3 heterocycles. The average Bonchev–Trinajstić information content (AvgIpc) is 3.66. The number of aromatic hydroxyl groups is 1. The maximum absolute atomic E-state index is 13.6. The second kappa shape index (κ2) is 12.8. The summed E-state index contributed by atoms with van der Waals surface area (Å²) >= 11 is 3.69. The summed E-state index contributed by atoms with van der Waals surface area (Å²) in [6.45, 7) is 3.42. The standard InChI is InChI=1S/C31H36INO6S/c1-4-6-18(11-19-12-24(32)29(34)26(13-19)38-3)8-9-25-27-20(16-37-2)14-22-28(23(27)17-39-25)31(36)33(30(22)35)15-21-7-5-10-40-21/h5,7,10-13,22-23,25,28,34H,4,6,8-9,14-17H2,1-3H3/b18-11+/t22-,23+,25-,28-/m1/s1. The van der Waals surface area contributed by atoms with E-state index in [1.54, 1.807) is 25.6 Å². The van der Waals surface area contributed by atoms with Crippen LogP contribution in [-0.2, 0) is 25.6 Å². The summed E-state index contributed by atoms with van der Waals surface area (Å²) in [6, 6.07) is 7.74. The summed E-state index contributed by atoms with van der Waals surface area (Å²) in [5.41, 5.74) is 4.59. The van der Waals surface area contributed by atoms with Crippen LogP contribution in [0.25, 0.3) is 6.08 Å². The highest BCUT2D eigenvalue weighted by Crippen LogP contribution is 2.50. The van der Waals surface area contributed by atoms with Crippen LogP contribution in [0.4, 0.5) is 0 Å². The number of thiophene rings is 1. The molecule has 5 rings (SSSR count). The van der Waals surface area contributed by atoms with E-state index >= 15 is 0 Å². The van der Waals surface area contributed by atoms with Crippen LogP contribution >= 0.6 is 33.9 Å². The zero-order valence-electron chi connectivity index (χ0n) is 23.2. The maximum Gasteiger partial charge on any atom is 0.234 e. The third-order valence-corrected chi connectivity index (χ3v) is 9.94. The largest absolute Gasteiger partial charge is 0.504 e. The molecular weight excluding hydrogens is 641 g/mol. The number of rotatable bonds is 11. The van der Waals surface area contributed by atoms with Gasteiger partial charge in [0.15, 0.2) is 11.5 Å². The first kappa shape index (κ1) is 29.3. The average molecular weight is 678 g/mol. The Hall–Kier alpha value is -2.21. The van der Waals surface area contributed by atoms with Crippen molar-refractivity contribution in [1.29, 1.82) is 0 Å². The number of carbonyl (C=O) groups is 2. The van der Waals surface area contributed by atoms with Gasteiger partial charge in [-0.15, -0.1) is 11.3 Å². The number of benzene rings is 1. The molecule has 0 saturated carbocycles. The number of carbonyl (C=O) groups excluding carboxylic acids is 2. The highest BCUT2D eigenvalue weighted by Gasteiger charge is 2.56.